The van der Waals surface area contributed by atoms with E-state index in [1.54, 1.807) is 0 Å². The first-order chi connectivity index (χ1) is 6.81. The molecule has 0 radical (unpaired) electrons. The van der Waals surface area contributed by atoms with Gasteiger partial charge in [0, 0.05) is 18.2 Å². The molecule has 0 spiro atoms. The summed E-state index contributed by atoms with van der Waals surface area (Å²) in [6.07, 6.45) is 0.852. The molecule has 2 rings (SSSR count). The van der Waals surface area contributed by atoms with Crippen LogP contribution in [0.4, 0.5) is 4.39 Å². The molecule has 0 unspecified atom stereocenters. The number of aromatic nitrogens is 1. The molecule has 3 nitrogen and oxygen atoms in total. The Kier molecular flexibility index (Phi) is 2.15. The number of fused-ring (bicyclic) bond motifs is 1. The molecule has 2 aromatic rings. The first-order valence-corrected chi connectivity index (χ1v) is 4.22. The maximum Gasteiger partial charge on any atom is 0.167 e. The Bertz CT molecular complexity index is 498. The molecule has 0 aliphatic carbocycles. The molecule has 14 heavy (non-hydrogen) atoms. The third-order valence-corrected chi connectivity index (χ3v) is 1.98. The normalized spacial score (nSPS) is 10.3. The molecule has 0 atom stereocenters. The summed E-state index contributed by atoms with van der Waals surface area (Å²) in [7, 11) is 0. The molecule has 1 aromatic heterocycles. The summed E-state index contributed by atoms with van der Waals surface area (Å²) in [5, 5.41) is 12.8. The Morgan fingerprint density at radius 2 is 2.36 bits per heavy atom. The van der Waals surface area contributed by atoms with Crippen molar-refractivity contribution in [3.05, 3.63) is 29.7 Å². The standard InChI is InChI=1S/C10H7FN2O/c11-7-3-4-10-8(6-7)9(13-14-10)2-1-5-12/h3-4,6H,1-2H2. The zero-order chi connectivity index (χ0) is 9.97. The summed E-state index contributed by atoms with van der Waals surface area (Å²) in [5.74, 6) is -0.320. The number of rotatable bonds is 2. The van der Waals surface area contributed by atoms with E-state index in [4.69, 9.17) is 9.78 Å². The molecule has 0 amide bonds. The second kappa shape index (κ2) is 3.46. The molecule has 0 aliphatic heterocycles. The van der Waals surface area contributed by atoms with Crippen LogP contribution in [0.2, 0.25) is 0 Å². The fourth-order valence-corrected chi connectivity index (χ4v) is 1.32. The first-order valence-electron chi connectivity index (χ1n) is 4.22. The van der Waals surface area contributed by atoms with Crippen molar-refractivity contribution in [2.24, 2.45) is 0 Å². The first kappa shape index (κ1) is 8.70. The van der Waals surface area contributed by atoms with Crippen molar-refractivity contribution >= 4 is 11.0 Å². The largest absolute Gasteiger partial charge is 0.356 e. The molecule has 0 saturated carbocycles. The molecule has 0 bridgehead atoms. The van der Waals surface area contributed by atoms with Crippen LogP contribution in [0.15, 0.2) is 22.7 Å². The number of aryl methyl sites for hydroxylation is 1. The highest BCUT2D eigenvalue weighted by Gasteiger charge is 2.08. The Morgan fingerprint density at radius 1 is 1.50 bits per heavy atom. The van der Waals surface area contributed by atoms with E-state index in [0.717, 1.165) is 0 Å². The van der Waals surface area contributed by atoms with Gasteiger partial charge in [-0.2, -0.15) is 5.26 Å². The lowest BCUT2D eigenvalue weighted by Crippen LogP contribution is -1.84. The number of benzene rings is 1. The van der Waals surface area contributed by atoms with Crippen molar-refractivity contribution in [1.82, 2.24) is 5.16 Å². The molecule has 4 heteroatoms. The maximum absolute atomic E-state index is 12.9. The Morgan fingerprint density at radius 3 is 3.14 bits per heavy atom. The highest BCUT2D eigenvalue weighted by molar-refractivity contribution is 5.79. The van der Waals surface area contributed by atoms with E-state index in [-0.39, 0.29) is 5.82 Å². The Labute approximate surface area is 79.7 Å². The van der Waals surface area contributed by atoms with Gasteiger partial charge in [0.15, 0.2) is 5.58 Å². The number of hydrogen-bond acceptors (Lipinski definition) is 3. The molecule has 1 aromatic carbocycles. The number of hydrogen-bond donors (Lipinski definition) is 0. The van der Waals surface area contributed by atoms with Crippen LogP contribution in [0.25, 0.3) is 11.0 Å². The van der Waals surface area contributed by atoms with Crippen LogP contribution in [0.1, 0.15) is 12.1 Å². The molecule has 0 saturated heterocycles. The SMILES string of the molecule is N#CCCc1noc2ccc(F)cc12. The minimum absolute atomic E-state index is 0.320. The van der Waals surface area contributed by atoms with Crippen molar-refractivity contribution in [1.29, 1.82) is 5.26 Å². The van der Waals surface area contributed by atoms with Crippen molar-refractivity contribution in [3.63, 3.8) is 0 Å². The van der Waals surface area contributed by atoms with Crippen LogP contribution in [0.5, 0.6) is 0 Å². The summed E-state index contributed by atoms with van der Waals surface area (Å²) in [5.41, 5.74) is 1.19. The predicted molar refractivity (Wildman–Crippen MR) is 47.9 cm³/mol. The molecular formula is C10H7FN2O. The summed E-state index contributed by atoms with van der Waals surface area (Å²) in [6.45, 7) is 0. The van der Waals surface area contributed by atoms with E-state index >= 15 is 0 Å². The van der Waals surface area contributed by atoms with E-state index in [9.17, 15) is 4.39 Å². The minimum Gasteiger partial charge on any atom is -0.356 e. The zero-order valence-electron chi connectivity index (χ0n) is 7.33. The predicted octanol–water partition coefficient (Wildman–Crippen LogP) is 2.42. The molecular weight excluding hydrogens is 183 g/mol. The van der Waals surface area contributed by atoms with Crippen LogP contribution in [0.3, 0.4) is 0 Å². The molecule has 0 aliphatic rings. The maximum atomic E-state index is 12.9. The van der Waals surface area contributed by atoms with Gasteiger partial charge in [0.2, 0.25) is 0 Å². The van der Waals surface area contributed by atoms with Crippen LogP contribution in [-0.2, 0) is 6.42 Å². The van der Waals surface area contributed by atoms with E-state index in [2.05, 4.69) is 5.16 Å². The highest BCUT2D eigenvalue weighted by atomic mass is 19.1. The van der Waals surface area contributed by atoms with Gasteiger partial charge in [-0.25, -0.2) is 4.39 Å². The fraction of sp³-hybridized carbons (Fsp3) is 0.200. The second-order valence-electron chi connectivity index (χ2n) is 2.93. The lowest BCUT2D eigenvalue weighted by Gasteiger charge is -1.90. The smallest absolute Gasteiger partial charge is 0.167 e. The fourth-order valence-electron chi connectivity index (χ4n) is 1.32. The van der Waals surface area contributed by atoms with Gasteiger partial charge in [-0.1, -0.05) is 5.16 Å². The van der Waals surface area contributed by atoms with Gasteiger partial charge in [0.25, 0.3) is 0 Å². The third kappa shape index (κ3) is 1.44. The van der Waals surface area contributed by atoms with Crippen LogP contribution in [0, 0.1) is 17.1 Å². The topological polar surface area (TPSA) is 49.8 Å². The summed E-state index contributed by atoms with van der Waals surface area (Å²) in [6, 6.07) is 6.24. The van der Waals surface area contributed by atoms with Crippen molar-refractivity contribution < 1.29 is 8.91 Å². The van der Waals surface area contributed by atoms with E-state index in [1.165, 1.54) is 18.2 Å². The van der Waals surface area contributed by atoms with Crippen LogP contribution >= 0.6 is 0 Å². The number of nitrogens with zero attached hydrogens (tertiary/aromatic N) is 2. The monoisotopic (exact) mass is 190 g/mol. The molecule has 0 N–H and O–H groups in total. The van der Waals surface area contributed by atoms with E-state index in [1.807, 2.05) is 6.07 Å². The van der Waals surface area contributed by atoms with Gasteiger partial charge < -0.3 is 4.52 Å². The van der Waals surface area contributed by atoms with E-state index in [0.29, 0.717) is 29.5 Å². The van der Waals surface area contributed by atoms with Gasteiger partial charge in [-0.3, -0.25) is 0 Å². The van der Waals surface area contributed by atoms with Crippen molar-refractivity contribution in [3.8, 4) is 6.07 Å². The van der Waals surface area contributed by atoms with Crippen molar-refractivity contribution in [2.45, 2.75) is 12.8 Å². The van der Waals surface area contributed by atoms with Gasteiger partial charge in [-0.15, -0.1) is 0 Å². The molecule has 70 valence electrons. The minimum atomic E-state index is -0.320. The average molecular weight is 190 g/mol. The number of nitriles is 1. The van der Waals surface area contributed by atoms with Gasteiger partial charge in [0.1, 0.15) is 5.82 Å². The highest BCUT2D eigenvalue weighted by Crippen LogP contribution is 2.20. The summed E-state index contributed by atoms with van der Waals surface area (Å²) < 4.78 is 17.9. The molecule has 0 fully saturated rings. The van der Waals surface area contributed by atoms with Gasteiger partial charge in [0.05, 0.1) is 11.8 Å². The van der Waals surface area contributed by atoms with Gasteiger partial charge >= 0.3 is 0 Å². The lowest BCUT2D eigenvalue weighted by atomic mass is 10.1. The Hall–Kier alpha value is -1.89. The average Bonchev–Trinajstić information content (AvgIpc) is 2.57. The Balaban J connectivity index is 2.46. The second-order valence-corrected chi connectivity index (χ2v) is 2.93. The van der Waals surface area contributed by atoms with E-state index < -0.39 is 0 Å². The quantitative estimate of drug-likeness (QED) is 0.730. The number of halogens is 1. The summed E-state index contributed by atoms with van der Waals surface area (Å²) in [4.78, 5) is 0. The molecule has 1 heterocycles. The lowest BCUT2D eigenvalue weighted by molar-refractivity contribution is 0.446. The zero-order valence-corrected chi connectivity index (χ0v) is 7.33. The van der Waals surface area contributed by atoms with Crippen LogP contribution < -0.4 is 0 Å². The van der Waals surface area contributed by atoms with Crippen molar-refractivity contribution in [2.75, 3.05) is 0 Å². The van der Waals surface area contributed by atoms with Crippen LogP contribution in [-0.4, -0.2) is 5.16 Å². The summed E-state index contributed by atoms with van der Waals surface area (Å²) >= 11 is 0. The van der Waals surface area contributed by atoms with Gasteiger partial charge in [-0.05, 0) is 18.2 Å². The third-order valence-electron chi connectivity index (χ3n) is 1.98.